The van der Waals surface area contributed by atoms with E-state index in [1.54, 1.807) is 4.81 Å². The molecule has 26 heavy (non-hydrogen) atoms. The van der Waals surface area contributed by atoms with Crippen molar-refractivity contribution < 1.29 is 14.3 Å². The number of hydrogen-bond acceptors (Lipinski definition) is 5. The lowest BCUT2D eigenvalue weighted by Crippen LogP contribution is -2.31. The van der Waals surface area contributed by atoms with Crippen LogP contribution < -0.4 is 11.0 Å². The van der Waals surface area contributed by atoms with Gasteiger partial charge in [-0.1, -0.05) is 53.9 Å². The maximum atomic E-state index is 12.2. The number of hydrazine groups is 2. The molecule has 0 aliphatic carbocycles. The Balaban J connectivity index is 1.57. The van der Waals surface area contributed by atoms with Gasteiger partial charge in [-0.15, -0.1) is 11.8 Å². The van der Waals surface area contributed by atoms with Gasteiger partial charge in [0.1, 0.15) is 6.61 Å². The van der Waals surface area contributed by atoms with E-state index in [0.29, 0.717) is 25.0 Å². The lowest BCUT2D eigenvalue weighted by molar-refractivity contribution is -0.565. The fourth-order valence-electron chi connectivity index (χ4n) is 2.61. The topological polar surface area (TPSA) is 65.7 Å². The second-order valence-corrected chi connectivity index (χ2v) is 5.83. The highest BCUT2D eigenvalue weighted by Crippen LogP contribution is 2.21. The first-order valence-electron chi connectivity index (χ1n) is 8.49. The van der Waals surface area contributed by atoms with Crippen LogP contribution in [-0.4, -0.2) is 23.8 Å². The zero-order valence-electron chi connectivity index (χ0n) is 14.4. The Morgan fingerprint density at radius 3 is 2.69 bits per heavy atom. The van der Waals surface area contributed by atoms with Gasteiger partial charge in [0.25, 0.3) is 5.69 Å². The highest BCUT2D eigenvalue weighted by Gasteiger charge is 2.26. The molecule has 132 valence electrons. The van der Waals surface area contributed by atoms with Crippen molar-refractivity contribution in [2.24, 2.45) is 5.11 Å². The average molecular weight is 349 g/mol. The van der Waals surface area contributed by atoms with Gasteiger partial charge in [-0.05, 0) is 12.0 Å². The third-order valence-corrected chi connectivity index (χ3v) is 3.97. The molecular formula is C20H21N4O2+. The number of hydrogen-bond donors (Lipinski definition) is 2. The van der Waals surface area contributed by atoms with Gasteiger partial charge in [-0.3, -0.25) is 4.79 Å². The monoisotopic (exact) mass is 349 g/mol. The first-order valence-corrected chi connectivity index (χ1v) is 8.49. The van der Waals surface area contributed by atoms with E-state index < -0.39 is 0 Å². The summed E-state index contributed by atoms with van der Waals surface area (Å²) in [5.41, 5.74) is 8.75. The molecule has 6 nitrogen and oxygen atoms in total. The Morgan fingerprint density at radius 1 is 1.19 bits per heavy atom. The summed E-state index contributed by atoms with van der Waals surface area (Å²) in [6, 6.07) is 17.3. The molecule has 0 aromatic heterocycles. The van der Waals surface area contributed by atoms with E-state index in [4.69, 9.17) is 11.2 Å². The number of nitrogens with one attached hydrogen (secondary N) is 2. The molecule has 1 heterocycles. The quantitative estimate of drug-likeness (QED) is 0.333. The van der Waals surface area contributed by atoms with Gasteiger partial charge in [-0.25, -0.2) is 0 Å². The van der Waals surface area contributed by atoms with Gasteiger partial charge >= 0.3 is 0 Å². The van der Waals surface area contributed by atoms with Crippen molar-refractivity contribution >= 4 is 11.5 Å². The van der Waals surface area contributed by atoms with Gasteiger partial charge < -0.3 is 4.74 Å². The summed E-state index contributed by atoms with van der Waals surface area (Å²) in [6.07, 6.45) is 6.00. The Bertz CT molecular complexity index is 810. The zero-order chi connectivity index (χ0) is 18.2. The van der Waals surface area contributed by atoms with Gasteiger partial charge in [-0.2, -0.15) is 0 Å². The fourth-order valence-corrected chi connectivity index (χ4v) is 2.61. The lowest BCUT2D eigenvalue weighted by Gasteiger charge is -2.05. The summed E-state index contributed by atoms with van der Waals surface area (Å²) >= 11 is 0. The molecule has 2 aromatic carbocycles. The lowest BCUT2D eigenvalue weighted by atomic mass is 10.0. The van der Waals surface area contributed by atoms with Crippen molar-refractivity contribution in [2.45, 2.75) is 19.0 Å². The highest BCUT2D eigenvalue weighted by molar-refractivity contribution is 5.96. The van der Waals surface area contributed by atoms with E-state index in [-0.39, 0.29) is 18.6 Å². The van der Waals surface area contributed by atoms with Crippen molar-refractivity contribution in [3.8, 4) is 12.3 Å². The minimum absolute atomic E-state index is 0.0983. The Morgan fingerprint density at radius 2 is 1.96 bits per heavy atom. The van der Waals surface area contributed by atoms with E-state index in [9.17, 15) is 4.79 Å². The Labute approximate surface area is 152 Å². The first-order chi connectivity index (χ1) is 12.8. The summed E-state index contributed by atoms with van der Waals surface area (Å²) in [5, 5.41) is 4.57. The minimum Gasteiger partial charge on any atom is -0.369 e. The third kappa shape index (κ3) is 4.54. The maximum absolute atomic E-state index is 12.2. The number of benzene rings is 2. The van der Waals surface area contributed by atoms with Gasteiger partial charge in [0.05, 0.1) is 0 Å². The molecule has 2 N–H and O–H groups in total. The molecule has 0 saturated heterocycles. The van der Waals surface area contributed by atoms with Crippen molar-refractivity contribution in [1.29, 1.82) is 0 Å². The number of Topliss-reactive ketones (excluding diaryl/α,β-unsaturated/α-hetero) is 1. The van der Waals surface area contributed by atoms with Crippen molar-refractivity contribution in [3.05, 3.63) is 65.7 Å². The summed E-state index contributed by atoms with van der Waals surface area (Å²) < 4.78 is 5.18. The Kier molecular flexibility index (Phi) is 6.09. The largest absolute Gasteiger partial charge is 0.369 e. The van der Waals surface area contributed by atoms with Crippen molar-refractivity contribution in [3.63, 3.8) is 0 Å². The number of carbonyl (C=O) groups is 1. The maximum Gasteiger partial charge on any atom is 0.266 e. The average Bonchev–Trinajstić information content (AvgIpc) is 3.19. The Hall–Kier alpha value is -3.01. The molecule has 0 amide bonds. The molecule has 0 bridgehead atoms. The predicted octanol–water partition coefficient (Wildman–Crippen LogP) is 3.12. The zero-order valence-corrected chi connectivity index (χ0v) is 14.4. The second kappa shape index (κ2) is 8.90. The summed E-state index contributed by atoms with van der Waals surface area (Å²) in [6.45, 7) is 0.786. The second-order valence-electron chi connectivity index (χ2n) is 5.83. The molecular weight excluding hydrogens is 328 g/mol. The molecule has 1 unspecified atom stereocenters. The molecule has 0 spiro atoms. The van der Waals surface area contributed by atoms with Crippen LogP contribution in [0.4, 0.5) is 5.69 Å². The molecule has 0 saturated carbocycles. The van der Waals surface area contributed by atoms with Gasteiger partial charge in [0.2, 0.25) is 6.17 Å². The first kappa shape index (κ1) is 17.8. The predicted molar refractivity (Wildman–Crippen MR) is 97.5 cm³/mol. The normalized spacial score (nSPS) is 15.8. The fraction of sp³-hybridized carbons (Fsp3) is 0.250. The molecule has 0 radical (unpaired) electrons. The van der Waals surface area contributed by atoms with E-state index in [2.05, 4.69) is 22.0 Å². The molecule has 1 atom stereocenters. The van der Waals surface area contributed by atoms with E-state index in [1.165, 1.54) is 0 Å². The summed E-state index contributed by atoms with van der Waals surface area (Å²) in [4.78, 5) is 13.9. The van der Waals surface area contributed by atoms with Crippen molar-refractivity contribution in [2.75, 3.05) is 13.2 Å². The number of ether oxygens (including phenoxy) is 1. The van der Waals surface area contributed by atoms with Crippen LogP contribution in [0, 0.1) is 12.3 Å². The highest BCUT2D eigenvalue weighted by atomic mass is 16.5. The van der Waals surface area contributed by atoms with Crippen molar-refractivity contribution in [1.82, 2.24) is 11.0 Å². The summed E-state index contributed by atoms with van der Waals surface area (Å²) in [7, 11) is 0. The number of terminal acetylenes is 1. The SMILES string of the molecule is C#CCOCCCC(=O)c1ccc(C2N=[N+](c3ccccc3)NN2)cc1. The van der Waals surface area contributed by atoms with E-state index in [1.807, 2.05) is 54.6 Å². The minimum atomic E-state index is -0.212. The van der Waals surface area contributed by atoms with Gasteiger partial charge in [0, 0.05) is 40.6 Å². The van der Waals surface area contributed by atoms with E-state index >= 15 is 0 Å². The van der Waals surface area contributed by atoms with Crippen LogP contribution in [0.25, 0.3) is 0 Å². The molecule has 3 rings (SSSR count). The number of rotatable bonds is 8. The summed E-state index contributed by atoms with van der Waals surface area (Å²) in [5.74, 6) is 2.50. The van der Waals surface area contributed by atoms with Gasteiger partial charge in [0.15, 0.2) is 5.78 Å². The molecule has 1 aliphatic rings. The van der Waals surface area contributed by atoms with Crippen LogP contribution in [-0.2, 0) is 4.74 Å². The van der Waals surface area contributed by atoms with Crippen LogP contribution in [0.5, 0.6) is 0 Å². The number of ketones is 1. The smallest absolute Gasteiger partial charge is 0.266 e. The molecule has 6 heteroatoms. The molecule has 1 aliphatic heterocycles. The van der Waals surface area contributed by atoms with Crippen LogP contribution in [0.3, 0.4) is 0 Å². The van der Waals surface area contributed by atoms with Crippen LogP contribution in [0.2, 0.25) is 0 Å². The van der Waals surface area contributed by atoms with Crippen LogP contribution in [0.1, 0.15) is 34.9 Å². The number of azo groups is 1. The number of nitrogens with zero attached hydrogens (tertiary/aromatic N) is 2. The van der Waals surface area contributed by atoms with E-state index in [0.717, 1.165) is 11.3 Å². The number of para-hydroxylation sites is 1. The standard InChI is InChI=1S/C20H20N4O2/c1-2-14-26-15-6-9-19(25)16-10-12-17(13-11-16)20-21-23-24(22-20)18-7-4-3-5-8-18/h1,3-5,7-8,10-13,20,22H,6,9,14-15H2/p+1. The third-order valence-electron chi connectivity index (χ3n) is 3.97. The van der Waals surface area contributed by atoms with Crippen LogP contribution >= 0.6 is 0 Å². The molecule has 2 aromatic rings. The number of carbonyl (C=O) groups excluding carboxylic acids is 1. The molecule has 0 fully saturated rings. The van der Waals surface area contributed by atoms with Crippen LogP contribution in [0.15, 0.2) is 59.7 Å².